The molecule has 0 aliphatic rings. The second kappa shape index (κ2) is 7.31. The molecule has 0 aliphatic heterocycles. The first-order valence-corrected chi connectivity index (χ1v) is 8.33. The molecule has 0 atom stereocenters. The molecule has 0 bridgehead atoms. The SMILES string of the molecule is Cc1ccc(N=Nc2ccc(C)cc2NC(=O)c2cc(C)n(C)n2)cc1. The lowest BCUT2D eigenvalue weighted by molar-refractivity contribution is 0.102. The highest BCUT2D eigenvalue weighted by molar-refractivity contribution is 6.04. The van der Waals surface area contributed by atoms with Crippen molar-refractivity contribution in [2.75, 3.05) is 5.32 Å². The summed E-state index contributed by atoms with van der Waals surface area (Å²) in [6, 6.07) is 15.2. The van der Waals surface area contributed by atoms with E-state index in [1.807, 2.05) is 63.2 Å². The van der Waals surface area contributed by atoms with Gasteiger partial charge in [0.2, 0.25) is 0 Å². The molecule has 0 aliphatic carbocycles. The molecule has 0 saturated heterocycles. The molecule has 0 fully saturated rings. The van der Waals surface area contributed by atoms with Crippen molar-refractivity contribution in [1.29, 1.82) is 0 Å². The smallest absolute Gasteiger partial charge is 0.276 e. The van der Waals surface area contributed by atoms with Gasteiger partial charge in [-0.3, -0.25) is 9.48 Å². The van der Waals surface area contributed by atoms with Gasteiger partial charge in [0.25, 0.3) is 5.91 Å². The minimum atomic E-state index is -0.272. The number of hydrogen-bond acceptors (Lipinski definition) is 4. The summed E-state index contributed by atoms with van der Waals surface area (Å²) in [6.07, 6.45) is 0. The number of hydrogen-bond donors (Lipinski definition) is 1. The van der Waals surface area contributed by atoms with Crippen LogP contribution in [0.3, 0.4) is 0 Å². The molecule has 1 N–H and O–H groups in total. The van der Waals surface area contributed by atoms with E-state index in [0.29, 0.717) is 17.1 Å². The molecule has 1 amide bonds. The first-order valence-electron chi connectivity index (χ1n) is 8.33. The highest BCUT2D eigenvalue weighted by Crippen LogP contribution is 2.28. The number of benzene rings is 2. The summed E-state index contributed by atoms with van der Waals surface area (Å²) in [7, 11) is 1.81. The van der Waals surface area contributed by atoms with Gasteiger partial charge in [-0.25, -0.2) is 0 Å². The van der Waals surface area contributed by atoms with Crippen molar-refractivity contribution in [3.05, 3.63) is 71.0 Å². The number of azo groups is 1. The Kier molecular flexibility index (Phi) is 4.93. The van der Waals surface area contributed by atoms with Crippen LogP contribution < -0.4 is 5.32 Å². The second-order valence-corrected chi connectivity index (χ2v) is 6.30. The number of aryl methyl sites for hydroxylation is 4. The Labute approximate surface area is 152 Å². The molecule has 0 saturated carbocycles. The highest BCUT2D eigenvalue weighted by atomic mass is 16.2. The third-order valence-corrected chi connectivity index (χ3v) is 4.05. The molecule has 3 rings (SSSR count). The van der Waals surface area contributed by atoms with Gasteiger partial charge >= 0.3 is 0 Å². The summed E-state index contributed by atoms with van der Waals surface area (Å²) >= 11 is 0. The van der Waals surface area contributed by atoms with E-state index in [-0.39, 0.29) is 5.91 Å². The van der Waals surface area contributed by atoms with E-state index in [2.05, 4.69) is 20.6 Å². The predicted octanol–water partition coefficient (Wildman–Crippen LogP) is 5.01. The number of aromatic nitrogens is 2. The standard InChI is InChI=1S/C20H21N5O/c1-13-5-8-16(9-6-13)22-23-17-10-7-14(2)11-18(17)21-20(26)19-12-15(3)25(4)24-19/h5-12H,1-4H3,(H,21,26). The molecule has 3 aromatic rings. The summed E-state index contributed by atoms with van der Waals surface area (Å²) in [5, 5.41) is 15.7. The average molecular weight is 347 g/mol. The predicted molar refractivity (Wildman–Crippen MR) is 102 cm³/mol. The summed E-state index contributed by atoms with van der Waals surface area (Å²) in [6.45, 7) is 5.88. The lowest BCUT2D eigenvalue weighted by Crippen LogP contribution is -2.13. The van der Waals surface area contributed by atoms with Gasteiger partial charge in [-0.1, -0.05) is 23.8 Å². The fourth-order valence-electron chi connectivity index (χ4n) is 2.42. The van der Waals surface area contributed by atoms with Gasteiger partial charge in [0.05, 0.1) is 11.4 Å². The van der Waals surface area contributed by atoms with Crippen molar-refractivity contribution in [3.8, 4) is 0 Å². The molecule has 1 heterocycles. The maximum atomic E-state index is 12.5. The van der Waals surface area contributed by atoms with Gasteiger partial charge in [-0.2, -0.15) is 10.2 Å². The molecule has 1 aromatic heterocycles. The van der Waals surface area contributed by atoms with Crippen LogP contribution in [0.5, 0.6) is 0 Å². The Bertz CT molecular complexity index is 951. The second-order valence-electron chi connectivity index (χ2n) is 6.30. The normalized spacial score (nSPS) is 11.1. The fourth-order valence-corrected chi connectivity index (χ4v) is 2.42. The van der Waals surface area contributed by atoms with Gasteiger partial charge in [-0.15, -0.1) is 5.11 Å². The van der Waals surface area contributed by atoms with Crippen molar-refractivity contribution in [2.24, 2.45) is 17.3 Å². The number of carbonyl (C=O) groups excluding carboxylic acids is 1. The van der Waals surface area contributed by atoms with Crippen LogP contribution in [0.4, 0.5) is 17.1 Å². The molecule has 26 heavy (non-hydrogen) atoms. The Balaban J connectivity index is 1.85. The van der Waals surface area contributed by atoms with Crippen LogP contribution in [0, 0.1) is 20.8 Å². The van der Waals surface area contributed by atoms with E-state index in [0.717, 1.165) is 22.5 Å². The van der Waals surface area contributed by atoms with Gasteiger partial charge in [0.15, 0.2) is 5.69 Å². The zero-order chi connectivity index (χ0) is 18.7. The molecule has 2 aromatic carbocycles. The van der Waals surface area contributed by atoms with Crippen LogP contribution in [0.1, 0.15) is 27.3 Å². The molecule has 6 nitrogen and oxygen atoms in total. The Morgan fingerprint density at radius 1 is 0.962 bits per heavy atom. The van der Waals surface area contributed by atoms with Crippen molar-refractivity contribution in [3.63, 3.8) is 0 Å². The molecule has 0 unspecified atom stereocenters. The van der Waals surface area contributed by atoms with E-state index < -0.39 is 0 Å². The summed E-state index contributed by atoms with van der Waals surface area (Å²) in [5.74, 6) is -0.272. The fraction of sp³-hybridized carbons (Fsp3) is 0.200. The number of nitrogens with zero attached hydrogens (tertiary/aromatic N) is 4. The molecule has 132 valence electrons. The number of rotatable bonds is 4. The topological polar surface area (TPSA) is 71.6 Å². The maximum Gasteiger partial charge on any atom is 0.276 e. The number of amides is 1. The first-order chi connectivity index (χ1) is 12.4. The van der Waals surface area contributed by atoms with E-state index >= 15 is 0 Å². The average Bonchev–Trinajstić information content (AvgIpc) is 2.95. The third kappa shape index (κ3) is 4.03. The van der Waals surface area contributed by atoms with Crippen molar-refractivity contribution < 1.29 is 4.79 Å². The number of nitrogens with one attached hydrogen (secondary N) is 1. The minimum Gasteiger partial charge on any atom is -0.319 e. The lowest BCUT2D eigenvalue weighted by atomic mass is 10.2. The van der Waals surface area contributed by atoms with Crippen LogP contribution in [0.25, 0.3) is 0 Å². The Morgan fingerprint density at radius 3 is 2.31 bits per heavy atom. The summed E-state index contributed by atoms with van der Waals surface area (Å²) in [5.41, 5.74) is 5.43. The van der Waals surface area contributed by atoms with Gasteiger partial charge in [-0.05, 0) is 56.7 Å². The van der Waals surface area contributed by atoms with Crippen molar-refractivity contribution >= 4 is 23.0 Å². The maximum absolute atomic E-state index is 12.5. The van der Waals surface area contributed by atoms with Gasteiger partial charge < -0.3 is 5.32 Å². The summed E-state index contributed by atoms with van der Waals surface area (Å²) < 4.78 is 1.67. The van der Waals surface area contributed by atoms with E-state index in [1.165, 1.54) is 0 Å². The number of anilines is 1. The molecule has 6 heteroatoms. The van der Waals surface area contributed by atoms with E-state index in [9.17, 15) is 4.79 Å². The van der Waals surface area contributed by atoms with E-state index in [1.54, 1.807) is 17.8 Å². The Hall–Kier alpha value is -3.28. The molecular weight excluding hydrogens is 326 g/mol. The summed E-state index contributed by atoms with van der Waals surface area (Å²) in [4.78, 5) is 12.5. The van der Waals surface area contributed by atoms with Crippen LogP contribution in [-0.4, -0.2) is 15.7 Å². The minimum absolute atomic E-state index is 0.272. The van der Waals surface area contributed by atoms with Crippen LogP contribution >= 0.6 is 0 Å². The van der Waals surface area contributed by atoms with Crippen molar-refractivity contribution in [2.45, 2.75) is 20.8 Å². The zero-order valence-corrected chi connectivity index (χ0v) is 15.3. The first kappa shape index (κ1) is 17.5. The van der Waals surface area contributed by atoms with Crippen LogP contribution in [-0.2, 0) is 7.05 Å². The Morgan fingerprint density at radius 2 is 1.65 bits per heavy atom. The third-order valence-electron chi connectivity index (χ3n) is 4.05. The number of carbonyl (C=O) groups is 1. The van der Waals surface area contributed by atoms with Gasteiger partial charge in [0, 0.05) is 12.7 Å². The quantitative estimate of drug-likeness (QED) is 0.674. The highest BCUT2D eigenvalue weighted by Gasteiger charge is 2.13. The van der Waals surface area contributed by atoms with Crippen molar-refractivity contribution in [1.82, 2.24) is 9.78 Å². The monoisotopic (exact) mass is 347 g/mol. The zero-order valence-electron chi connectivity index (χ0n) is 15.3. The molecular formula is C20H21N5O. The molecule has 0 radical (unpaired) electrons. The van der Waals surface area contributed by atoms with Gasteiger partial charge in [0.1, 0.15) is 5.69 Å². The van der Waals surface area contributed by atoms with Crippen LogP contribution in [0.15, 0.2) is 58.8 Å². The lowest BCUT2D eigenvalue weighted by Gasteiger charge is -2.07. The van der Waals surface area contributed by atoms with E-state index in [4.69, 9.17) is 0 Å². The molecule has 0 spiro atoms. The largest absolute Gasteiger partial charge is 0.319 e. The van der Waals surface area contributed by atoms with Crippen LogP contribution in [0.2, 0.25) is 0 Å².